The monoisotopic (exact) mass is 183 g/mol. The van der Waals surface area contributed by atoms with Crippen molar-refractivity contribution in [3.05, 3.63) is 0 Å². The zero-order valence-electron chi connectivity index (χ0n) is 7.91. The quantitative estimate of drug-likeness (QED) is 0.717. The van der Waals surface area contributed by atoms with Crippen molar-refractivity contribution >= 4 is 5.97 Å². The Balaban J connectivity index is 1.98. The Morgan fingerprint density at radius 3 is 2.23 bits per heavy atom. The van der Waals surface area contributed by atoms with Gasteiger partial charge in [0.25, 0.3) is 0 Å². The van der Waals surface area contributed by atoms with Crippen LogP contribution in [0, 0.1) is 5.92 Å². The van der Waals surface area contributed by atoms with E-state index in [2.05, 4.69) is 4.90 Å². The summed E-state index contributed by atoms with van der Waals surface area (Å²) in [6, 6.07) is -0.170. The van der Waals surface area contributed by atoms with Crippen molar-refractivity contribution in [3.8, 4) is 0 Å². The number of hydrogen-bond acceptors (Lipinski definition) is 2. The van der Waals surface area contributed by atoms with Crippen LogP contribution in [0.5, 0.6) is 0 Å². The average molecular weight is 183 g/mol. The lowest BCUT2D eigenvalue weighted by atomic mass is 9.79. The lowest BCUT2D eigenvalue weighted by Crippen LogP contribution is -2.47. The molecule has 1 saturated carbocycles. The van der Waals surface area contributed by atoms with Gasteiger partial charge in [-0.05, 0) is 44.7 Å². The van der Waals surface area contributed by atoms with Gasteiger partial charge in [-0.15, -0.1) is 0 Å². The largest absolute Gasteiger partial charge is 0.480 e. The first-order chi connectivity index (χ1) is 6.29. The lowest BCUT2D eigenvalue weighted by Gasteiger charge is -2.36. The fourth-order valence-electron chi connectivity index (χ4n) is 2.43. The van der Waals surface area contributed by atoms with E-state index >= 15 is 0 Å². The van der Waals surface area contributed by atoms with Crippen molar-refractivity contribution in [2.75, 3.05) is 13.1 Å². The Hall–Kier alpha value is -0.570. The number of carboxylic acid groups (broad SMARTS) is 1. The second-order valence-corrected chi connectivity index (χ2v) is 4.22. The molecule has 0 aromatic heterocycles. The first kappa shape index (κ1) is 9.00. The molecule has 13 heavy (non-hydrogen) atoms. The molecule has 1 aliphatic heterocycles. The van der Waals surface area contributed by atoms with Gasteiger partial charge in [-0.1, -0.05) is 6.42 Å². The van der Waals surface area contributed by atoms with Gasteiger partial charge in [-0.2, -0.15) is 0 Å². The van der Waals surface area contributed by atoms with Crippen LogP contribution in [0.3, 0.4) is 0 Å². The third-order valence-electron chi connectivity index (χ3n) is 3.38. The van der Waals surface area contributed by atoms with E-state index in [1.54, 1.807) is 0 Å². The molecule has 74 valence electrons. The first-order valence-electron chi connectivity index (χ1n) is 5.26. The van der Waals surface area contributed by atoms with Crippen LogP contribution in [-0.2, 0) is 4.79 Å². The van der Waals surface area contributed by atoms with Gasteiger partial charge < -0.3 is 5.11 Å². The minimum Gasteiger partial charge on any atom is -0.480 e. The van der Waals surface area contributed by atoms with Crippen LogP contribution < -0.4 is 0 Å². The number of carboxylic acids is 1. The second-order valence-electron chi connectivity index (χ2n) is 4.22. The van der Waals surface area contributed by atoms with Gasteiger partial charge in [0, 0.05) is 0 Å². The molecule has 2 aliphatic rings. The van der Waals surface area contributed by atoms with Crippen LogP contribution in [0.1, 0.15) is 32.1 Å². The predicted molar refractivity (Wildman–Crippen MR) is 49.6 cm³/mol. The van der Waals surface area contributed by atoms with E-state index < -0.39 is 5.97 Å². The molecule has 2 rings (SSSR count). The Kier molecular flexibility index (Phi) is 2.54. The fraction of sp³-hybridized carbons (Fsp3) is 0.900. The summed E-state index contributed by atoms with van der Waals surface area (Å²) in [6.45, 7) is 1.99. The highest BCUT2D eigenvalue weighted by Gasteiger charge is 2.37. The van der Waals surface area contributed by atoms with Gasteiger partial charge in [-0.25, -0.2) is 0 Å². The molecule has 0 bridgehead atoms. The number of hydrogen-bond donors (Lipinski definition) is 1. The van der Waals surface area contributed by atoms with Crippen molar-refractivity contribution < 1.29 is 9.90 Å². The molecule has 1 atom stereocenters. The van der Waals surface area contributed by atoms with Crippen LogP contribution in [0.4, 0.5) is 0 Å². The topological polar surface area (TPSA) is 40.5 Å². The van der Waals surface area contributed by atoms with Gasteiger partial charge >= 0.3 is 5.97 Å². The smallest absolute Gasteiger partial charge is 0.321 e. The van der Waals surface area contributed by atoms with E-state index in [-0.39, 0.29) is 6.04 Å². The molecule has 1 unspecified atom stereocenters. The zero-order valence-corrected chi connectivity index (χ0v) is 7.91. The average Bonchev–Trinajstić information content (AvgIpc) is 2.46. The summed E-state index contributed by atoms with van der Waals surface area (Å²) in [7, 11) is 0. The Morgan fingerprint density at radius 1 is 1.23 bits per heavy atom. The standard InChI is InChI=1S/C10H17NO2/c12-10(13)9(8-4-3-5-8)11-6-1-2-7-11/h8-9H,1-7H2,(H,12,13). The Bertz CT molecular complexity index is 195. The van der Waals surface area contributed by atoms with Gasteiger partial charge in [-0.3, -0.25) is 9.69 Å². The van der Waals surface area contributed by atoms with E-state index in [0.29, 0.717) is 5.92 Å². The third kappa shape index (κ3) is 1.70. The molecule has 1 aliphatic carbocycles. The molecule has 2 fully saturated rings. The summed E-state index contributed by atoms with van der Waals surface area (Å²) >= 11 is 0. The van der Waals surface area contributed by atoms with Gasteiger partial charge in [0.05, 0.1) is 0 Å². The molecule has 0 amide bonds. The summed E-state index contributed by atoms with van der Waals surface area (Å²) in [5.74, 6) is -0.165. The highest BCUT2D eigenvalue weighted by atomic mass is 16.4. The number of nitrogens with zero attached hydrogens (tertiary/aromatic N) is 1. The van der Waals surface area contributed by atoms with Crippen LogP contribution in [0.15, 0.2) is 0 Å². The molecule has 3 nitrogen and oxygen atoms in total. The SMILES string of the molecule is O=C(O)C(C1CCC1)N1CCCC1. The maximum atomic E-state index is 11.1. The van der Waals surface area contributed by atoms with Crippen LogP contribution in [0.25, 0.3) is 0 Å². The third-order valence-corrected chi connectivity index (χ3v) is 3.38. The summed E-state index contributed by atoms with van der Waals surface area (Å²) in [4.78, 5) is 13.2. The minimum atomic E-state index is -0.605. The summed E-state index contributed by atoms with van der Waals surface area (Å²) in [6.07, 6.45) is 5.82. The second kappa shape index (κ2) is 3.66. The summed E-state index contributed by atoms with van der Waals surface area (Å²) in [5, 5.41) is 9.13. The molecular weight excluding hydrogens is 166 g/mol. The number of carbonyl (C=O) groups is 1. The van der Waals surface area contributed by atoms with Crippen LogP contribution in [-0.4, -0.2) is 35.1 Å². The van der Waals surface area contributed by atoms with Gasteiger partial charge in [0.15, 0.2) is 0 Å². The van der Waals surface area contributed by atoms with E-state index in [4.69, 9.17) is 5.11 Å². The zero-order chi connectivity index (χ0) is 9.26. The molecule has 1 saturated heterocycles. The lowest BCUT2D eigenvalue weighted by molar-refractivity contribution is -0.146. The Labute approximate surface area is 78.7 Å². The number of rotatable bonds is 3. The van der Waals surface area contributed by atoms with E-state index in [9.17, 15) is 4.79 Å². The molecule has 0 aromatic carbocycles. The summed E-state index contributed by atoms with van der Waals surface area (Å²) in [5.41, 5.74) is 0. The first-order valence-corrected chi connectivity index (χ1v) is 5.26. The van der Waals surface area contributed by atoms with E-state index in [1.807, 2.05) is 0 Å². The van der Waals surface area contributed by atoms with Crippen LogP contribution in [0.2, 0.25) is 0 Å². The minimum absolute atomic E-state index is 0.170. The number of aliphatic carboxylic acids is 1. The van der Waals surface area contributed by atoms with E-state index in [0.717, 1.165) is 25.9 Å². The van der Waals surface area contributed by atoms with Crippen molar-refractivity contribution in [1.82, 2.24) is 4.90 Å². The predicted octanol–water partition coefficient (Wildman–Crippen LogP) is 1.34. The van der Waals surface area contributed by atoms with Gasteiger partial charge in [0.2, 0.25) is 0 Å². The fourth-order valence-corrected chi connectivity index (χ4v) is 2.43. The molecule has 0 spiro atoms. The number of likely N-dealkylation sites (tertiary alicyclic amines) is 1. The maximum Gasteiger partial charge on any atom is 0.321 e. The molecule has 1 heterocycles. The van der Waals surface area contributed by atoms with Crippen molar-refractivity contribution in [1.29, 1.82) is 0 Å². The molecule has 0 radical (unpaired) electrons. The van der Waals surface area contributed by atoms with Crippen molar-refractivity contribution in [3.63, 3.8) is 0 Å². The van der Waals surface area contributed by atoms with E-state index in [1.165, 1.54) is 19.3 Å². The van der Waals surface area contributed by atoms with Crippen LogP contribution >= 0.6 is 0 Å². The molecule has 3 heteroatoms. The normalized spacial score (nSPS) is 27.1. The molecule has 0 aromatic rings. The van der Waals surface area contributed by atoms with Crippen molar-refractivity contribution in [2.24, 2.45) is 5.92 Å². The highest BCUT2D eigenvalue weighted by Crippen LogP contribution is 2.33. The molecule has 1 N–H and O–H groups in total. The van der Waals surface area contributed by atoms with Gasteiger partial charge in [0.1, 0.15) is 6.04 Å². The maximum absolute atomic E-state index is 11.1. The summed E-state index contributed by atoms with van der Waals surface area (Å²) < 4.78 is 0. The van der Waals surface area contributed by atoms with Crippen molar-refractivity contribution in [2.45, 2.75) is 38.1 Å². The Morgan fingerprint density at radius 2 is 1.85 bits per heavy atom. The highest BCUT2D eigenvalue weighted by molar-refractivity contribution is 5.74. The molecular formula is C10H17NO2.